The van der Waals surface area contributed by atoms with E-state index in [1.54, 1.807) is 0 Å². The van der Waals surface area contributed by atoms with Crippen molar-refractivity contribution in [2.75, 3.05) is 13.2 Å². The van der Waals surface area contributed by atoms with E-state index in [2.05, 4.69) is 130 Å². The first-order valence-electron chi connectivity index (χ1n) is 30.0. The van der Waals surface area contributed by atoms with Gasteiger partial charge in [0.05, 0.1) is 0 Å². The zero-order valence-electron chi connectivity index (χ0n) is 47.4. The lowest BCUT2D eigenvalue weighted by atomic mass is 10.0. The molecule has 0 rings (SSSR count). The van der Waals surface area contributed by atoms with Crippen LogP contribution >= 0.6 is 0 Å². The van der Waals surface area contributed by atoms with Gasteiger partial charge in [0.2, 0.25) is 0 Å². The fourth-order valence-electron chi connectivity index (χ4n) is 8.05. The summed E-state index contributed by atoms with van der Waals surface area (Å²) in [7, 11) is 0. The molecule has 0 fully saturated rings. The van der Waals surface area contributed by atoms with Gasteiger partial charge in [0.1, 0.15) is 13.2 Å². The molecule has 0 radical (unpaired) electrons. The molecule has 0 aromatic heterocycles. The van der Waals surface area contributed by atoms with Gasteiger partial charge in [-0.3, -0.25) is 14.4 Å². The Kier molecular flexibility index (Phi) is 56.9. The van der Waals surface area contributed by atoms with Crippen molar-refractivity contribution in [3.63, 3.8) is 0 Å². The summed E-state index contributed by atoms with van der Waals surface area (Å²) in [4.78, 5) is 37.8. The molecule has 6 nitrogen and oxygen atoms in total. The van der Waals surface area contributed by atoms with Crippen LogP contribution in [0.1, 0.15) is 265 Å². The van der Waals surface area contributed by atoms with Crippen LogP contribution in [0.25, 0.3) is 0 Å². The summed E-state index contributed by atoms with van der Waals surface area (Å²) in [6.45, 7) is 6.30. The second kappa shape index (κ2) is 60.4. The van der Waals surface area contributed by atoms with Crippen molar-refractivity contribution in [3.8, 4) is 0 Å². The number of rotatable bonds is 53. The van der Waals surface area contributed by atoms with Crippen LogP contribution in [0.4, 0.5) is 0 Å². The molecule has 0 heterocycles. The average Bonchev–Trinajstić information content (AvgIpc) is 3.39. The third-order valence-electron chi connectivity index (χ3n) is 12.5. The largest absolute Gasteiger partial charge is 0.462 e. The van der Waals surface area contributed by atoms with E-state index in [1.807, 2.05) is 12.2 Å². The highest BCUT2D eigenvalue weighted by Gasteiger charge is 2.19. The van der Waals surface area contributed by atoms with E-state index in [9.17, 15) is 14.4 Å². The molecule has 6 heteroatoms. The Morgan fingerprint density at radius 2 is 0.562 bits per heavy atom. The van der Waals surface area contributed by atoms with E-state index >= 15 is 0 Å². The van der Waals surface area contributed by atoms with Crippen LogP contribution in [0.5, 0.6) is 0 Å². The maximum absolute atomic E-state index is 12.7. The van der Waals surface area contributed by atoms with E-state index in [-0.39, 0.29) is 31.6 Å². The van der Waals surface area contributed by atoms with Gasteiger partial charge >= 0.3 is 17.9 Å². The Morgan fingerprint density at radius 1 is 0.288 bits per heavy atom. The van der Waals surface area contributed by atoms with E-state index < -0.39 is 12.1 Å². The van der Waals surface area contributed by atoms with Crippen molar-refractivity contribution in [1.29, 1.82) is 0 Å². The van der Waals surface area contributed by atoms with Crippen LogP contribution in [-0.4, -0.2) is 37.2 Å². The van der Waals surface area contributed by atoms with Crippen LogP contribution in [0.3, 0.4) is 0 Å². The molecule has 0 spiro atoms. The van der Waals surface area contributed by atoms with Gasteiger partial charge in [-0.25, -0.2) is 0 Å². The molecule has 0 aliphatic heterocycles. The first-order chi connectivity index (χ1) is 36.0. The molecule has 0 aromatic carbocycles. The molecule has 0 amide bonds. The molecule has 0 saturated carbocycles. The molecule has 0 N–H and O–H groups in total. The zero-order valence-corrected chi connectivity index (χ0v) is 47.4. The molecule has 0 aliphatic rings. The second-order valence-corrected chi connectivity index (χ2v) is 19.5. The van der Waals surface area contributed by atoms with Gasteiger partial charge in [-0.1, -0.05) is 271 Å². The molecule has 1 atom stereocenters. The molecule has 0 bridgehead atoms. The van der Waals surface area contributed by atoms with Crippen molar-refractivity contribution in [2.45, 2.75) is 271 Å². The predicted molar refractivity (Wildman–Crippen MR) is 316 cm³/mol. The molecule has 1 unspecified atom stereocenters. The van der Waals surface area contributed by atoms with Gasteiger partial charge in [-0.2, -0.15) is 0 Å². The minimum Gasteiger partial charge on any atom is -0.462 e. The van der Waals surface area contributed by atoms with Gasteiger partial charge in [0.15, 0.2) is 6.10 Å². The smallest absolute Gasteiger partial charge is 0.306 e. The number of allylic oxidation sites excluding steroid dienone is 20. The number of esters is 3. The minimum absolute atomic E-state index is 0.106. The highest BCUT2D eigenvalue weighted by Crippen LogP contribution is 2.16. The third-order valence-corrected chi connectivity index (χ3v) is 12.5. The fraction of sp³-hybridized carbons (Fsp3) is 0.657. The summed E-state index contributed by atoms with van der Waals surface area (Å²) in [6.07, 6.45) is 84.0. The van der Waals surface area contributed by atoms with Crippen LogP contribution in [0.2, 0.25) is 0 Å². The minimum atomic E-state index is -0.813. The molecular formula is C67H110O6. The number of unbranched alkanes of at least 4 members (excludes halogenated alkanes) is 22. The summed E-state index contributed by atoms with van der Waals surface area (Å²) in [5.74, 6) is -0.995. The van der Waals surface area contributed by atoms with E-state index in [4.69, 9.17) is 14.2 Å². The topological polar surface area (TPSA) is 78.9 Å². The number of carbonyl (C=O) groups is 3. The predicted octanol–water partition coefficient (Wildman–Crippen LogP) is 20.4. The lowest BCUT2D eigenvalue weighted by Gasteiger charge is -2.18. The molecular weight excluding hydrogens is 901 g/mol. The quantitative estimate of drug-likeness (QED) is 0.0261. The van der Waals surface area contributed by atoms with Gasteiger partial charge in [0, 0.05) is 19.3 Å². The molecule has 0 saturated heterocycles. The average molecular weight is 1010 g/mol. The van der Waals surface area contributed by atoms with Gasteiger partial charge in [0.25, 0.3) is 0 Å². The number of hydrogen-bond acceptors (Lipinski definition) is 6. The van der Waals surface area contributed by atoms with Crippen molar-refractivity contribution in [3.05, 3.63) is 122 Å². The summed E-state index contributed by atoms with van der Waals surface area (Å²) in [5, 5.41) is 0. The highest BCUT2D eigenvalue weighted by molar-refractivity contribution is 5.71. The normalized spacial score (nSPS) is 13.0. The number of ether oxygens (including phenoxy) is 3. The Hall–Kier alpha value is -4.19. The van der Waals surface area contributed by atoms with Gasteiger partial charge in [-0.05, 0) is 96.3 Å². The van der Waals surface area contributed by atoms with E-state index in [0.717, 1.165) is 103 Å². The molecule has 73 heavy (non-hydrogen) atoms. The Morgan fingerprint density at radius 3 is 0.890 bits per heavy atom. The fourth-order valence-corrected chi connectivity index (χ4v) is 8.05. The Bertz CT molecular complexity index is 1540. The van der Waals surface area contributed by atoms with Crippen LogP contribution in [0.15, 0.2) is 122 Å². The Balaban J connectivity index is 4.03. The highest BCUT2D eigenvalue weighted by atomic mass is 16.6. The summed E-state index contributed by atoms with van der Waals surface area (Å²) < 4.78 is 16.7. The number of carbonyl (C=O) groups excluding carboxylic acids is 3. The maximum Gasteiger partial charge on any atom is 0.306 e. The number of hydrogen-bond donors (Lipinski definition) is 0. The van der Waals surface area contributed by atoms with Crippen LogP contribution < -0.4 is 0 Å². The van der Waals surface area contributed by atoms with Gasteiger partial charge in [-0.15, -0.1) is 0 Å². The zero-order chi connectivity index (χ0) is 52.9. The van der Waals surface area contributed by atoms with Crippen molar-refractivity contribution < 1.29 is 28.6 Å². The van der Waals surface area contributed by atoms with E-state index in [0.29, 0.717) is 19.3 Å². The standard InChI is InChI=1S/C67H110O6/c1-4-7-10-13-16-18-20-22-23-24-25-26-27-28-29-30-31-32-33-34-35-36-37-38-39-40-41-42-43-45-46-48-51-54-57-60-66(69)72-63-64(62-71-65(68)59-56-53-50-15-12-9-6-3)73-67(70)61-58-55-52-49-47-44-21-19-17-14-11-8-5-2/h7-8,10-11,16-19,22-23,25-26,28-29,31-32,44,47,52,55,64H,4-6,9,12-15,20-21,24,27,30,33-43,45-46,48-51,53-54,56-63H2,1-3H3/b10-7-,11-8-,18-16-,19-17-,23-22-,26-25-,29-28-,32-31-,47-44-,55-52-. The SMILES string of the molecule is CC/C=C\C/C=C\C/C=C\C/C=C\C/C=C\C/C=C\CCCCCCCCCCCCCCCCCCC(=O)OCC(COC(=O)CCCCCCCCC)OC(=O)CC/C=C\C/C=C\C/C=C\C/C=C\CC. The van der Waals surface area contributed by atoms with Crippen molar-refractivity contribution in [1.82, 2.24) is 0 Å². The van der Waals surface area contributed by atoms with Crippen LogP contribution in [-0.2, 0) is 28.6 Å². The van der Waals surface area contributed by atoms with Crippen molar-refractivity contribution >= 4 is 17.9 Å². The summed E-state index contributed by atoms with van der Waals surface area (Å²) in [5.41, 5.74) is 0. The van der Waals surface area contributed by atoms with Crippen LogP contribution in [0, 0.1) is 0 Å². The van der Waals surface area contributed by atoms with Gasteiger partial charge < -0.3 is 14.2 Å². The van der Waals surface area contributed by atoms with Crippen molar-refractivity contribution in [2.24, 2.45) is 0 Å². The monoisotopic (exact) mass is 1010 g/mol. The summed E-state index contributed by atoms with van der Waals surface area (Å²) in [6, 6.07) is 0. The lowest BCUT2D eigenvalue weighted by molar-refractivity contribution is -0.166. The molecule has 414 valence electrons. The molecule has 0 aliphatic carbocycles. The Labute approximate surface area is 450 Å². The lowest BCUT2D eigenvalue weighted by Crippen LogP contribution is -2.30. The summed E-state index contributed by atoms with van der Waals surface area (Å²) >= 11 is 0. The first-order valence-corrected chi connectivity index (χ1v) is 30.0. The molecule has 0 aromatic rings. The van der Waals surface area contributed by atoms with E-state index in [1.165, 1.54) is 116 Å². The first kappa shape index (κ1) is 68.8. The third kappa shape index (κ3) is 58.6. The maximum atomic E-state index is 12.7. The second-order valence-electron chi connectivity index (χ2n) is 19.5.